The Morgan fingerprint density at radius 1 is 1.17 bits per heavy atom. The normalized spacial score (nSPS) is 10.9. The molecule has 0 aliphatic carbocycles. The molecule has 3 aromatic rings. The Hall–Kier alpha value is -2.07. The number of nitrogens with zero attached hydrogens (tertiary/aromatic N) is 3. The molecule has 18 heavy (non-hydrogen) atoms. The van der Waals surface area contributed by atoms with Crippen LogP contribution in [0, 0.1) is 0 Å². The lowest BCUT2D eigenvalue weighted by atomic mass is 10.3. The van der Waals surface area contributed by atoms with Crippen LogP contribution in [0.4, 0.5) is 5.82 Å². The average molecular weight is 259 g/mol. The SMILES string of the molecule is Nc1ccc(Cl)c(Cn2cnc3ccccc32)n1. The second kappa shape index (κ2) is 4.31. The number of rotatable bonds is 2. The molecular formula is C13H11ClN4. The highest BCUT2D eigenvalue weighted by molar-refractivity contribution is 6.31. The van der Waals surface area contributed by atoms with E-state index in [2.05, 4.69) is 9.97 Å². The van der Waals surface area contributed by atoms with Gasteiger partial charge in [-0.3, -0.25) is 0 Å². The highest BCUT2D eigenvalue weighted by Gasteiger charge is 2.06. The number of hydrogen-bond acceptors (Lipinski definition) is 3. The molecule has 2 aromatic heterocycles. The third-order valence-electron chi connectivity index (χ3n) is 2.79. The lowest BCUT2D eigenvalue weighted by Crippen LogP contribution is -2.03. The summed E-state index contributed by atoms with van der Waals surface area (Å²) in [4.78, 5) is 8.58. The maximum Gasteiger partial charge on any atom is 0.123 e. The van der Waals surface area contributed by atoms with E-state index in [9.17, 15) is 0 Å². The van der Waals surface area contributed by atoms with Crippen LogP contribution in [0.15, 0.2) is 42.7 Å². The van der Waals surface area contributed by atoms with E-state index in [0.29, 0.717) is 17.4 Å². The van der Waals surface area contributed by atoms with Crippen LogP contribution >= 0.6 is 11.6 Å². The van der Waals surface area contributed by atoms with Gasteiger partial charge in [0.1, 0.15) is 5.82 Å². The average Bonchev–Trinajstić information content (AvgIpc) is 2.78. The second-order valence-electron chi connectivity index (χ2n) is 4.03. The van der Waals surface area contributed by atoms with E-state index in [1.807, 2.05) is 28.8 Å². The zero-order chi connectivity index (χ0) is 12.5. The largest absolute Gasteiger partial charge is 0.384 e. The summed E-state index contributed by atoms with van der Waals surface area (Å²) in [6.07, 6.45) is 1.78. The van der Waals surface area contributed by atoms with Crippen LogP contribution in [0.3, 0.4) is 0 Å². The fraction of sp³-hybridized carbons (Fsp3) is 0.0769. The molecule has 0 atom stereocenters. The van der Waals surface area contributed by atoms with Gasteiger partial charge in [0, 0.05) is 0 Å². The number of imidazole rings is 1. The van der Waals surface area contributed by atoms with Crippen molar-refractivity contribution in [2.75, 3.05) is 5.73 Å². The van der Waals surface area contributed by atoms with Crippen molar-refractivity contribution in [3.63, 3.8) is 0 Å². The van der Waals surface area contributed by atoms with Gasteiger partial charge in [-0.2, -0.15) is 0 Å². The van der Waals surface area contributed by atoms with Gasteiger partial charge in [-0.15, -0.1) is 0 Å². The molecule has 0 aliphatic rings. The van der Waals surface area contributed by atoms with Gasteiger partial charge < -0.3 is 10.3 Å². The van der Waals surface area contributed by atoms with Gasteiger partial charge in [-0.1, -0.05) is 23.7 Å². The molecule has 0 aliphatic heterocycles. The number of nitrogens with two attached hydrogens (primary N) is 1. The fourth-order valence-corrected chi connectivity index (χ4v) is 2.07. The summed E-state index contributed by atoms with van der Waals surface area (Å²) in [6.45, 7) is 0.560. The molecule has 5 heteroatoms. The van der Waals surface area contributed by atoms with Crippen molar-refractivity contribution in [3.05, 3.63) is 53.4 Å². The molecule has 0 saturated heterocycles. The number of pyridine rings is 1. The summed E-state index contributed by atoms with van der Waals surface area (Å²) in [5.41, 5.74) is 8.43. The second-order valence-corrected chi connectivity index (χ2v) is 4.43. The van der Waals surface area contributed by atoms with Crippen molar-refractivity contribution in [1.29, 1.82) is 0 Å². The van der Waals surface area contributed by atoms with E-state index in [4.69, 9.17) is 17.3 Å². The number of anilines is 1. The third kappa shape index (κ3) is 1.91. The van der Waals surface area contributed by atoms with Crippen LogP contribution in [0.5, 0.6) is 0 Å². The van der Waals surface area contributed by atoms with Crippen molar-refractivity contribution in [3.8, 4) is 0 Å². The first-order valence-electron chi connectivity index (χ1n) is 5.55. The maximum absolute atomic E-state index is 6.11. The van der Waals surface area contributed by atoms with Crippen molar-refractivity contribution in [2.45, 2.75) is 6.54 Å². The predicted octanol–water partition coefficient (Wildman–Crippen LogP) is 2.72. The van der Waals surface area contributed by atoms with E-state index in [1.165, 1.54) is 0 Å². The van der Waals surface area contributed by atoms with E-state index < -0.39 is 0 Å². The van der Waals surface area contributed by atoms with Gasteiger partial charge in [0.15, 0.2) is 0 Å². The van der Waals surface area contributed by atoms with Crippen LogP contribution in [-0.4, -0.2) is 14.5 Å². The number of nitrogen functional groups attached to an aromatic ring is 1. The molecule has 2 heterocycles. The van der Waals surface area contributed by atoms with E-state index in [1.54, 1.807) is 18.5 Å². The first-order valence-corrected chi connectivity index (χ1v) is 5.92. The van der Waals surface area contributed by atoms with Crippen LogP contribution in [0.25, 0.3) is 11.0 Å². The minimum atomic E-state index is 0.471. The molecule has 3 rings (SSSR count). The number of benzene rings is 1. The van der Waals surface area contributed by atoms with Crippen molar-refractivity contribution >= 4 is 28.5 Å². The molecule has 0 unspecified atom stereocenters. The highest BCUT2D eigenvalue weighted by atomic mass is 35.5. The summed E-state index contributed by atoms with van der Waals surface area (Å²) in [5, 5.41) is 0.613. The monoisotopic (exact) mass is 258 g/mol. The quantitative estimate of drug-likeness (QED) is 0.769. The Bertz CT molecular complexity index is 705. The molecule has 0 radical (unpaired) electrons. The molecule has 0 fully saturated rings. The summed E-state index contributed by atoms with van der Waals surface area (Å²) in [6, 6.07) is 11.4. The summed E-state index contributed by atoms with van der Waals surface area (Å²) in [5.74, 6) is 0.471. The lowest BCUT2D eigenvalue weighted by Gasteiger charge is -2.06. The molecule has 0 bridgehead atoms. The van der Waals surface area contributed by atoms with E-state index in [0.717, 1.165) is 16.7 Å². The minimum absolute atomic E-state index is 0.471. The maximum atomic E-state index is 6.11. The van der Waals surface area contributed by atoms with E-state index >= 15 is 0 Å². The molecular weight excluding hydrogens is 248 g/mol. The molecule has 0 amide bonds. The lowest BCUT2D eigenvalue weighted by molar-refractivity contribution is 0.799. The number of aromatic nitrogens is 3. The van der Waals surface area contributed by atoms with Crippen LogP contribution in [0.1, 0.15) is 5.69 Å². The summed E-state index contributed by atoms with van der Waals surface area (Å²) in [7, 11) is 0. The first-order chi connectivity index (χ1) is 8.74. The third-order valence-corrected chi connectivity index (χ3v) is 3.13. The van der Waals surface area contributed by atoms with Crippen molar-refractivity contribution in [1.82, 2.24) is 14.5 Å². The van der Waals surface area contributed by atoms with Gasteiger partial charge in [0.25, 0.3) is 0 Å². The molecule has 90 valence electrons. The Kier molecular flexibility index (Phi) is 2.64. The highest BCUT2D eigenvalue weighted by Crippen LogP contribution is 2.19. The fourth-order valence-electron chi connectivity index (χ4n) is 1.91. The first kappa shape index (κ1) is 11.0. The van der Waals surface area contributed by atoms with Crippen molar-refractivity contribution < 1.29 is 0 Å². The molecule has 0 spiro atoms. The van der Waals surface area contributed by atoms with Gasteiger partial charge in [0.2, 0.25) is 0 Å². The number of halogens is 1. The van der Waals surface area contributed by atoms with Crippen LogP contribution in [-0.2, 0) is 6.54 Å². The standard InChI is InChI=1S/C13H11ClN4/c14-9-5-6-13(15)17-11(9)7-18-8-16-10-3-1-2-4-12(10)18/h1-6,8H,7H2,(H2,15,17). The number of hydrogen-bond donors (Lipinski definition) is 1. The zero-order valence-corrected chi connectivity index (χ0v) is 10.3. The van der Waals surface area contributed by atoms with E-state index in [-0.39, 0.29) is 0 Å². The molecule has 0 saturated carbocycles. The smallest absolute Gasteiger partial charge is 0.123 e. The molecule has 1 aromatic carbocycles. The van der Waals surface area contributed by atoms with Crippen LogP contribution in [0.2, 0.25) is 5.02 Å². The Labute approximate surface area is 109 Å². The molecule has 4 nitrogen and oxygen atoms in total. The Morgan fingerprint density at radius 2 is 2.00 bits per heavy atom. The summed E-state index contributed by atoms with van der Waals surface area (Å²) >= 11 is 6.11. The molecule has 2 N–H and O–H groups in total. The van der Waals surface area contributed by atoms with Gasteiger partial charge in [-0.05, 0) is 24.3 Å². The Balaban J connectivity index is 2.04. The topological polar surface area (TPSA) is 56.7 Å². The van der Waals surface area contributed by atoms with Gasteiger partial charge in [-0.25, -0.2) is 9.97 Å². The van der Waals surface area contributed by atoms with Crippen molar-refractivity contribution in [2.24, 2.45) is 0 Å². The van der Waals surface area contributed by atoms with Gasteiger partial charge >= 0.3 is 0 Å². The van der Waals surface area contributed by atoms with Crippen LogP contribution < -0.4 is 5.73 Å². The number of fused-ring (bicyclic) bond motifs is 1. The number of para-hydroxylation sites is 2. The minimum Gasteiger partial charge on any atom is -0.384 e. The Morgan fingerprint density at radius 3 is 2.89 bits per heavy atom. The van der Waals surface area contributed by atoms with Gasteiger partial charge in [0.05, 0.1) is 34.6 Å². The summed E-state index contributed by atoms with van der Waals surface area (Å²) < 4.78 is 2.00. The predicted molar refractivity (Wildman–Crippen MR) is 72.5 cm³/mol. The zero-order valence-electron chi connectivity index (χ0n) is 9.55.